The Morgan fingerprint density at radius 2 is 1.96 bits per heavy atom. The first-order chi connectivity index (χ1) is 10.9. The standard InChI is InChI=1S/C21H30O2/c1-13(22)17-6-7-18-16-5-4-14-12-15(23)8-10-20(14,2)19(16)9-11-21(17,18)3/h6,9,14-16,18,23H,4-5,7-8,10-12H2,1-3H3/t14?,15?,16?,18?,20-,21+/m0/s1. The van der Waals surface area contributed by atoms with Crippen molar-refractivity contribution >= 4 is 5.78 Å². The molecule has 2 saturated carbocycles. The maximum atomic E-state index is 12.1. The van der Waals surface area contributed by atoms with E-state index in [4.69, 9.17) is 0 Å². The minimum atomic E-state index is -0.0865. The average molecular weight is 314 g/mol. The van der Waals surface area contributed by atoms with E-state index in [9.17, 15) is 9.90 Å². The normalized spacial score (nSPS) is 48.7. The summed E-state index contributed by atoms with van der Waals surface area (Å²) in [5, 5.41) is 10.1. The Kier molecular flexibility index (Phi) is 3.43. The van der Waals surface area contributed by atoms with Crippen LogP contribution in [0.2, 0.25) is 0 Å². The quantitative estimate of drug-likeness (QED) is 0.727. The van der Waals surface area contributed by atoms with Crippen LogP contribution in [0, 0.1) is 28.6 Å². The number of hydrogen-bond acceptors (Lipinski definition) is 2. The van der Waals surface area contributed by atoms with Crippen molar-refractivity contribution in [2.24, 2.45) is 28.6 Å². The van der Waals surface area contributed by atoms with E-state index < -0.39 is 0 Å². The Balaban J connectivity index is 1.69. The lowest BCUT2D eigenvalue weighted by molar-refractivity contribution is -0.115. The van der Waals surface area contributed by atoms with Gasteiger partial charge in [0.25, 0.3) is 0 Å². The number of allylic oxidation sites excluding steroid dienone is 4. The molecule has 23 heavy (non-hydrogen) atoms. The van der Waals surface area contributed by atoms with Gasteiger partial charge in [0.05, 0.1) is 6.10 Å². The Hall–Kier alpha value is -0.890. The summed E-state index contributed by atoms with van der Waals surface area (Å²) in [7, 11) is 0. The summed E-state index contributed by atoms with van der Waals surface area (Å²) in [6.07, 6.45) is 12.3. The number of carbonyl (C=O) groups excluding carboxylic acids is 1. The topological polar surface area (TPSA) is 37.3 Å². The van der Waals surface area contributed by atoms with Crippen molar-refractivity contribution in [3.63, 3.8) is 0 Å². The number of ketones is 1. The molecular formula is C21H30O2. The molecule has 0 aromatic rings. The first-order valence-electron chi connectivity index (χ1n) is 9.46. The molecule has 4 unspecified atom stereocenters. The van der Waals surface area contributed by atoms with Gasteiger partial charge in [-0.1, -0.05) is 31.6 Å². The van der Waals surface area contributed by atoms with Gasteiger partial charge in [0.1, 0.15) is 0 Å². The number of aliphatic hydroxyl groups is 1. The lowest BCUT2D eigenvalue weighted by Gasteiger charge is -2.56. The lowest BCUT2D eigenvalue weighted by Crippen LogP contribution is -2.48. The smallest absolute Gasteiger partial charge is 0.156 e. The molecule has 2 fully saturated rings. The van der Waals surface area contributed by atoms with Gasteiger partial charge >= 0.3 is 0 Å². The first-order valence-corrected chi connectivity index (χ1v) is 9.46. The second-order valence-corrected chi connectivity index (χ2v) is 9.02. The van der Waals surface area contributed by atoms with Gasteiger partial charge in [-0.05, 0) is 80.6 Å². The summed E-state index contributed by atoms with van der Waals surface area (Å²) in [5.74, 6) is 2.19. The Bertz CT molecular complexity index is 601. The second-order valence-electron chi connectivity index (χ2n) is 9.02. The van der Waals surface area contributed by atoms with Crippen LogP contribution >= 0.6 is 0 Å². The third kappa shape index (κ3) is 2.06. The Labute approximate surface area is 140 Å². The van der Waals surface area contributed by atoms with E-state index in [0.29, 0.717) is 23.2 Å². The third-order valence-corrected chi connectivity index (χ3v) is 7.96. The van der Waals surface area contributed by atoms with Crippen LogP contribution in [0.15, 0.2) is 23.3 Å². The van der Waals surface area contributed by atoms with Crippen LogP contribution in [-0.2, 0) is 4.79 Å². The largest absolute Gasteiger partial charge is 0.393 e. The molecule has 0 aromatic carbocycles. The molecule has 0 aromatic heterocycles. The SMILES string of the molecule is CC(=O)C1=CCC2C3CCC4CC(O)CC[C@]4(C)C3=CC[C@]12C. The minimum absolute atomic E-state index is 0.0668. The van der Waals surface area contributed by atoms with Crippen LogP contribution in [-0.4, -0.2) is 17.0 Å². The fourth-order valence-corrected chi connectivity index (χ4v) is 6.63. The summed E-state index contributed by atoms with van der Waals surface area (Å²) in [6, 6.07) is 0. The van der Waals surface area contributed by atoms with Gasteiger partial charge in [-0.2, -0.15) is 0 Å². The van der Waals surface area contributed by atoms with E-state index in [1.165, 1.54) is 12.8 Å². The van der Waals surface area contributed by atoms with Crippen molar-refractivity contribution in [1.29, 1.82) is 0 Å². The molecule has 0 radical (unpaired) electrons. The van der Waals surface area contributed by atoms with Crippen molar-refractivity contribution in [2.45, 2.75) is 71.8 Å². The van der Waals surface area contributed by atoms with Crippen molar-refractivity contribution in [2.75, 3.05) is 0 Å². The van der Waals surface area contributed by atoms with E-state index in [0.717, 1.165) is 37.7 Å². The van der Waals surface area contributed by atoms with Crippen molar-refractivity contribution in [3.8, 4) is 0 Å². The van der Waals surface area contributed by atoms with E-state index in [1.54, 1.807) is 12.5 Å². The number of carbonyl (C=O) groups is 1. The molecule has 0 heterocycles. The molecular weight excluding hydrogens is 284 g/mol. The molecule has 0 aliphatic heterocycles. The van der Waals surface area contributed by atoms with Crippen LogP contribution < -0.4 is 0 Å². The van der Waals surface area contributed by atoms with E-state index in [-0.39, 0.29) is 17.3 Å². The number of aliphatic hydroxyl groups excluding tert-OH is 1. The summed E-state index contributed by atoms with van der Waals surface area (Å²) in [6.45, 7) is 6.52. The Morgan fingerprint density at radius 3 is 2.70 bits per heavy atom. The summed E-state index contributed by atoms with van der Waals surface area (Å²) < 4.78 is 0. The summed E-state index contributed by atoms with van der Waals surface area (Å²) >= 11 is 0. The molecule has 2 heteroatoms. The zero-order valence-electron chi connectivity index (χ0n) is 14.8. The summed E-state index contributed by atoms with van der Waals surface area (Å²) in [4.78, 5) is 12.1. The number of fused-ring (bicyclic) bond motifs is 5. The van der Waals surface area contributed by atoms with E-state index in [1.807, 2.05) is 0 Å². The molecule has 1 N–H and O–H groups in total. The van der Waals surface area contributed by atoms with Gasteiger partial charge < -0.3 is 5.11 Å². The monoisotopic (exact) mass is 314 g/mol. The van der Waals surface area contributed by atoms with Gasteiger partial charge in [0.15, 0.2) is 5.78 Å². The lowest BCUT2D eigenvalue weighted by atomic mass is 9.48. The van der Waals surface area contributed by atoms with Gasteiger partial charge in [0, 0.05) is 5.41 Å². The fourth-order valence-electron chi connectivity index (χ4n) is 6.63. The maximum absolute atomic E-state index is 12.1. The minimum Gasteiger partial charge on any atom is -0.393 e. The highest BCUT2D eigenvalue weighted by Crippen LogP contribution is 2.64. The predicted octanol–water partition coefficient (Wildman–Crippen LogP) is 4.44. The van der Waals surface area contributed by atoms with Gasteiger partial charge in [0.2, 0.25) is 0 Å². The molecule has 4 rings (SSSR count). The van der Waals surface area contributed by atoms with Crippen LogP contribution in [0.4, 0.5) is 0 Å². The van der Waals surface area contributed by atoms with E-state index in [2.05, 4.69) is 26.0 Å². The molecule has 2 nitrogen and oxygen atoms in total. The van der Waals surface area contributed by atoms with Crippen molar-refractivity contribution in [1.82, 2.24) is 0 Å². The van der Waals surface area contributed by atoms with E-state index >= 15 is 0 Å². The third-order valence-electron chi connectivity index (χ3n) is 7.96. The molecule has 0 amide bonds. The number of rotatable bonds is 1. The van der Waals surface area contributed by atoms with Crippen LogP contribution in [0.5, 0.6) is 0 Å². The van der Waals surface area contributed by atoms with Crippen molar-refractivity contribution in [3.05, 3.63) is 23.3 Å². The number of hydrogen-bond donors (Lipinski definition) is 1. The number of Topliss-reactive ketones (excluding diaryl/α,β-unsaturated/α-hetero) is 1. The molecule has 0 saturated heterocycles. The highest BCUT2D eigenvalue weighted by molar-refractivity contribution is 5.95. The van der Waals surface area contributed by atoms with Gasteiger partial charge in [-0.3, -0.25) is 4.79 Å². The summed E-state index contributed by atoms with van der Waals surface area (Å²) in [5.41, 5.74) is 3.13. The van der Waals surface area contributed by atoms with Crippen LogP contribution in [0.25, 0.3) is 0 Å². The molecule has 6 atom stereocenters. The van der Waals surface area contributed by atoms with Crippen molar-refractivity contribution < 1.29 is 9.90 Å². The fraction of sp³-hybridized carbons (Fsp3) is 0.762. The van der Waals surface area contributed by atoms with Gasteiger partial charge in [-0.15, -0.1) is 0 Å². The second kappa shape index (κ2) is 5.05. The van der Waals surface area contributed by atoms with Gasteiger partial charge in [-0.25, -0.2) is 0 Å². The molecule has 0 spiro atoms. The molecule has 0 bridgehead atoms. The molecule has 4 aliphatic carbocycles. The Morgan fingerprint density at radius 1 is 1.17 bits per heavy atom. The highest BCUT2D eigenvalue weighted by atomic mass is 16.3. The van der Waals surface area contributed by atoms with Crippen LogP contribution in [0.1, 0.15) is 65.7 Å². The first kappa shape index (κ1) is 15.6. The van der Waals surface area contributed by atoms with Crippen LogP contribution in [0.3, 0.4) is 0 Å². The zero-order chi connectivity index (χ0) is 16.4. The maximum Gasteiger partial charge on any atom is 0.156 e. The molecule has 126 valence electrons. The predicted molar refractivity (Wildman–Crippen MR) is 91.9 cm³/mol. The highest BCUT2D eigenvalue weighted by Gasteiger charge is 2.55. The zero-order valence-corrected chi connectivity index (χ0v) is 14.8. The average Bonchev–Trinajstić information content (AvgIpc) is 2.85. The molecule has 4 aliphatic rings.